The van der Waals surface area contributed by atoms with Crippen molar-refractivity contribution >= 4 is 17.6 Å². The molecule has 0 aromatic carbocycles. The fourth-order valence-corrected chi connectivity index (χ4v) is 2.23. The van der Waals surface area contributed by atoms with Gasteiger partial charge in [0.05, 0.1) is 11.8 Å². The third-order valence-corrected chi connectivity index (χ3v) is 3.06. The third kappa shape index (κ3) is 3.96. The first-order valence-electron chi connectivity index (χ1n) is 5.64. The van der Waals surface area contributed by atoms with Crippen molar-refractivity contribution in [2.24, 2.45) is 11.2 Å². The molecule has 0 bridgehead atoms. The van der Waals surface area contributed by atoms with E-state index in [1.54, 1.807) is 0 Å². The number of carbonyl (C=O) groups excluding carboxylic acids is 1. The molecule has 0 radical (unpaired) electrons. The number of carbonyl (C=O) groups is 1. The molecule has 92 valence electrons. The number of nitrogens with one attached hydrogen (secondary N) is 1. The molecule has 0 saturated heterocycles. The van der Waals surface area contributed by atoms with Gasteiger partial charge in [0.2, 0.25) is 0 Å². The quantitative estimate of drug-likeness (QED) is 0.471. The van der Waals surface area contributed by atoms with Crippen LogP contribution in [-0.2, 0) is 0 Å². The van der Waals surface area contributed by atoms with Gasteiger partial charge >= 0.3 is 6.03 Å². The van der Waals surface area contributed by atoms with Crippen molar-refractivity contribution in [2.75, 3.05) is 12.4 Å². The largest absolute Gasteiger partial charge is 0.340 e. The zero-order valence-electron chi connectivity index (χ0n) is 9.49. The van der Waals surface area contributed by atoms with E-state index in [1.807, 2.05) is 0 Å². The molecule has 0 aromatic heterocycles. The Morgan fingerprint density at radius 2 is 2.31 bits per heavy atom. The van der Waals surface area contributed by atoms with Crippen LogP contribution in [0.2, 0.25) is 0 Å². The Labute approximate surface area is 100 Å². The Morgan fingerprint density at radius 1 is 1.56 bits per heavy atom. The molecule has 0 heterocycles. The number of alkyl halides is 1. The highest BCUT2D eigenvalue weighted by Crippen LogP contribution is 2.23. The van der Waals surface area contributed by atoms with Crippen LogP contribution in [0, 0.1) is 10.8 Å². The molecule has 0 spiro atoms. The predicted octanol–water partition coefficient (Wildman–Crippen LogP) is 2.50. The molecule has 1 fully saturated rings. The summed E-state index contributed by atoms with van der Waals surface area (Å²) in [6.07, 6.45) is 4.28. The van der Waals surface area contributed by atoms with E-state index in [0.717, 1.165) is 24.3 Å². The zero-order valence-corrected chi connectivity index (χ0v) is 10.2. The summed E-state index contributed by atoms with van der Waals surface area (Å²) in [5.74, 6) is 0.838. The first kappa shape index (κ1) is 13.2. The maximum Gasteiger partial charge on any atom is 0.340 e. The molecule has 0 aromatic rings. The van der Waals surface area contributed by atoms with Crippen LogP contribution in [0.3, 0.4) is 0 Å². The second kappa shape index (κ2) is 6.68. The van der Waals surface area contributed by atoms with E-state index in [2.05, 4.69) is 17.5 Å². The molecule has 16 heavy (non-hydrogen) atoms. The number of amides is 2. The molecule has 2 amide bonds. The van der Waals surface area contributed by atoms with Crippen molar-refractivity contribution in [2.45, 2.75) is 38.6 Å². The average Bonchev–Trinajstić information content (AvgIpc) is 2.25. The van der Waals surface area contributed by atoms with Gasteiger partial charge in [-0.15, -0.1) is 16.5 Å². The lowest BCUT2D eigenvalue weighted by atomic mass is 9.87. The maximum atomic E-state index is 11.6. The van der Waals surface area contributed by atoms with Gasteiger partial charge in [-0.2, -0.15) is 5.01 Å². The minimum Gasteiger partial charge on any atom is -0.334 e. The van der Waals surface area contributed by atoms with E-state index in [9.17, 15) is 9.70 Å². The molecule has 6 heteroatoms. The van der Waals surface area contributed by atoms with Crippen LogP contribution < -0.4 is 5.32 Å². The maximum absolute atomic E-state index is 11.6. The van der Waals surface area contributed by atoms with E-state index in [-0.39, 0.29) is 18.5 Å². The number of nitrogens with zero attached hydrogens (tertiary/aromatic N) is 2. The highest BCUT2D eigenvalue weighted by Gasteiger charge is 2.23. The van der Waals surface area contributed by atoms with Crippen LogP contribution in [0.25, 0.3) is 0 Å². The van der Waals surface area contributed by atoms with Crippen molar-refractivity contribution in [1.82, 2.24) is 10.3 Å². The number of halogens is 1. The highest BCUT2D eigenvalue weighted by molar-refractivity contribution is 6.18. The molecule has 2 unspecified atom stereocenters. The van der Waals surface area contributed by atoms with Crippen LogP contribution in [-0.4, -0.2) is 29.5 Å². The Kier molecular flexibility index (Phi) is 5.52. The van der Waals surface area contributed by atoms with E-state index < -0.39 is 6.03 Å². The van der Waals surface area contributed by atoms with Gasteiger partial charge in [0.15, 0.2) is 0 Å². The normalized spacial score (nSPS) is 24.9. The van der Waals surface area contributed by atoms with Gasteiger partial charge in [-0.05, 0) is 18.8 Å². The fraction of sp³-hybridized carbons (Fsp3) is 0.900. The van der Waals surface area contributed by atoms with E-state index >= 15 is 0 Å². The van der Waals surface area contributed by atoms with Crippen LogP contribution in [0.4, 0.5) is 4.79 Å². The molecular weight excluding hydrogens is 230 g/mol. The van der Waals surface area contributed by atoms with Gasteiger partial charge in [-0.3, -0.25) is 0 Å². The summed E-state index contributed by atoms with van der Waals surface area (Å²) in [6.45, 7) is 2.33. The minimum atomic E-state index is -0.435. The summed E-state index contributed by atoms with van der Waals surface area (Å²) in [5.41, 5.74) is 0. The smallest absolute Gasteiger partial charge is 0.334 e. The number of nitroso groups, excluding NO2 is 1. The van der Waals surface area contributed by atoms with Gasteiger partial charge in [0.1, 0.15) is 0 Å². The Bertz CT molecular complexity index is 250. The lowest BCUT2D eigenvalue weighted by molar-refractivity contribution is 0.190. The van der Waals surface area contributed by atoms with Gasteiger partial charge in [-0.25, -0.2) is 4.79 Å². The van der Waals surface area contributed by atoms with E-state index in [0.29, 0.717) is 5.92 Å². The fourth-order valence-electron chi connectivity index (χ4n) is 2.07. The van der Waals surface area contributed by atoms with E-state index in [4.69, 9.17) is 11.6 Å². The summed E-state index contributed by atoms with van der Waals surface area (Å²) in [6, 6.07) is -0.273. The van der Waals surface area contributed by atoms with Crippen LogP contribution >= 0.6 is 11.6 Å². The lowest BCUT2D eigenvalue weighted by Gasteiger charge is -2.28. The predicted molar refractivity (Wildman–Crippen MR) is 63.2 cm³/mol. The van der Waals surface area contributed by atoms with Gasteiger partial charge in [-0.1, -0.05) is 19.8 Å². The highest BCUT2D eigenvalue weighted by atomic mass is 35.5. The molecule has 2 atom stereocenters. The molecule has 1 aliphatic rings. The molecular formula is C10H18ClN3O2. The summed E-state index contributed by atoms with van der Waals surface area (Å²) in [5, 5.41) is 6.31. The monoisotopic (exact) mass is 247 g/mol. The molecule has 1 aliphatic carbocycles. The molecule has 0 aliphatic heterocycles. The van der Waals surface area contributed by atoms with Crippen LogP contribution in [0.1, 0.15) is 32.6 Å². The molecule has 1 rings (SSSR count). The number of rotatable bonds is 4. The summed E-state index contributed by atoms with van der Waals surface area (Å²) in [4.78, 5) is 22.0. The second-order valence-electron chi connectivity index (χ2n) is 4.31. The number of urea groups is 1. The topological polar surface area (TPSA) is 61.8 Å². The lowest BCUT2D eigenvalue weighted by Crippen LogP contribution is -2.44. The Morgan fingerprint density at radius 3 is 2.88 bits per heavy atom. The summed E-state index contributed by atoms with van der Waals surface area (Å²) >= 11 is 5.46. The summed E-state index contributed by atoms with van der Waals surface area (Å²) < 4.78 is 0. The van der Waals surface area contributed by atoms with Crippen molar-refractivity contribution in [3.8, 4) is 0 Å². The van der Waals surface area contributed by atoms with Crippen LogP contribution in [0.5, 0.6) is 0 Å². The van der Waals surface area contributed by atoms with Crippen molar-refractivity contribution in [1.29, 1.82) is 0 Å². The first-order valence-corrected chi connectivity index (χ1v) is 6.18. The van der Waals surface area contributed by atoms with Gasteiger partial charge < -0.3 is 5.32 Å². The van der Waals surface area contributed by atoms with Crippen molar-refractivity contribution in [3.05, 3.63) is 4.91 Å². The van der Waals surface area contributed by atoms with Gasteiger partial charge in [0.25, 0.3) is 0 Å². The Balaban J connectivity index is 2.39. The van der Waals surface area contributed by atoms with E-state index in [1.165, 1.54) is 6.42 Å². The Hall–Kier alpha value is -0.840. The standard InChI is InChI=1S/C10H18ClN3O2/c1-8-3-2-4-9(7-8)12-10(15)14(13-16)6-5-11/h8-9H,2-7H2,1H3,(H,12,15). The first-order chi connectivity index (χ1) is 7.67. The van der Waals surface area contributed by atoms with Crippen LogP contribution in [0.15, 0.2) is 5.29 Å². The summed E-state index contributed by atoms with van der Waals surface area (Å²) in [7, 11) is 0. The zero-order chi connectivity index (χ0) is 12.0. The molecule has 1 N–H and O–H groups in total. The van der Waals surface area contributed by atoms with Crippen molar-refractivity contribution < 1.29 is 4.79 Å². The molecule has 5 nitrogen and oxygen atoms in total. The minimum absolute atomic E-state index is 0.152. The second-order valence-corrected chi connectivity index (χ2v) is 4.69. The van der Waals surface area contributed by atoms with Crippen molar-refractivity contribution in [3.63, 3.8) is 0 Å². The third-order valence-electron chi connectivity index (χ3n) is 2.89. The number of hydrogen-bond donors (Lipinski definition) is 1. The average molecular weight is 248 g/mol. The van der Waals surface area contributed by atoms with Gasteiger partial charge in [0, 0.05) is 11.9 Å². The number of hydrogen-bond acceptors (Lipinski definition) is 3. The molecule has 1 saturated carbocycles. The SMILES string of the molecule is CC1CCCC(NC(=O)N(CCCl)N=O)C1.